The maximum Gasteiger partial charge on any atom is 0.291 e. The molecule has 3 atom stereocenters. The van der Waals surface area contributed by atoms with Crippen LogP contribution in [0.1, 0.15) is 34.8 Å². The molecular formula is C27H33ClN6O6. The van der Waals surface area contributed by atoms with E-state index in [4.69, 9.17) is 21.1 Å². The smallest absolute Gasteiger partial charge is 0.291 e. The van der Waals surface area contributed by atoms with Crippen LogP contribution in [0.25, 0.3) is 0 Å². The lowest BCUT2D eigenvalue weighted by molar-refractivity contribution is -0.131. The van der Waals surface area contributed by atoms with Crippen LogP contribution in [0.2, 0.25) is 5.02 Å². The molecule has 0 spiro atoms. The van der Waals surface area contributed by atoms with Gasteiger partial charge in [-0.05, 0) is 43.9 Å². The molecule has 3 unspecified atom stereocenters. The van der Waals surface area contributed by atoms with E-state index in [1.54, 1.807) is 23.1 Å². The topological polar surface area (TPSA) is 143 Å². The second-order valence-corrected chi connectivity index (χ2v) is 10.5. The van der Waals surface area contributed by atoms with Crippen LogP contribution in [-0.4, -0.2) is 96.4 Å². The van der Waals surface area contributed by atoms with Crippen LogP contribution in [-0.2, 0) is 9.59 Å². The number of methoxy groups -OCH3 is 1. The summed E-state index contributed by atoms with van der Waals surface area (Å²) in [6, 6.07) is 5.03. The van der Waals surface area contributed by atoms with E-state index < -0.39 is 11.8 Å². The number of rotatable bonds is 8. The van der Waals surface area contributed by atoms with Crippen molar-refractivity contribution >= 4 is 35.2 Å². The van der Waals surface area contributed by atoms with Crippen molar-refractivity contribution in [3.05, 3.63) is 47.0 Å². The molecule has 2 N–H and O–H groups in total. The van der Waals surface area contributed by atoms with Gasteiger partial charge in [0.1, 0.15) is 0 Å². The average molecular weight is 573 g/mol. The van der Waals surface area contributed by atoms with Gasteiger partial charge in [-0.2, -0.15) is 0 Å². The molecule has 3 heterocycles. The highest BCUT2D eigenvalue weighted by molar-refractivity contribution is 6.30. The number of carbonyl (C=O) groups is 4. The molecule has 4 amide bonds. The van der Waals surface area contributed by atoms with Crippen LogP contribution in [0.4, 0.5) is 0 Å². The second-order valence-electron chi connectivity index (χ2n) is 10.1. The Kier molecular flexibility index (Phi) is 9.08. The Morgan fingerprint density at radius 2 is 1.70 bits per heavy atom. The minimum Gasteiger partial charge on any atom is -0.493 e. The molecule has 214 valence electrons. The van der Waals surface area contributed by atoms with Crippen molar-refractivity contribution in [2.24, 2.45) is 17.8 Å². The molecule has 2 aliphatic rings. The lowest BCUT2D eigenvalue weighted by Gasteiger charge is -2.39. The van der Waals surface area contributed by atoms with Crippen molar-refractivity contribution in [1.82, 2.24) is 30.4 Å². The molecule has 2 saturated heterocycles. The van der Waals surface area contributed by atoms with Gasteiger partial charge in [0.15, 0.2) is 11.5 Å². The van der Waals surface area contributed by atoms with Crippen molar-refractivity contribution in [2.45, 2.75) is 20.0 Å². The van der Waals surface area contributed by atoms with Crippen molar-refractivity contribution in [2.75, 3.05) is 46.9 Å². The van der Waals surface area contributed by atoms with Gasteiger partial charge >= 0.3 is 0 Å². The summed E-state index contributed by atoms with van der Waals surface area (Å²) in [7, 11) is 2.99. The summed E-state index contributed by atoms with van der Waals surface area (Å²) in [5, 5.41) is 5.43. The predicted octanol–water partition coefficient (Wildman–Crippen LogP) is 1.25. The highest BCUT2D eigenvalue weighted by Gasteiger charge is 2.48. The van der Waals surface area contributed by atoms with Gasteiger partial charge in [0.25, 0.3) is 11.8 Å². The van der Waals surface area contributed by atoms with E-state index in [0.29, 0.717) is 41.7 Å². The minimum absolute atomic E-state index is 0.0332. The fourth-order valence-corrected chi connectivity index (χ4v) is 5.27. The van der Waals surface area contributed by atoms with Gasteiger partial charge in [-0.3, -0.25) is 19.2 Å². The molecule has 1 aromatic heterocycles. The van der Waals surface area contributed by atoms with Crippen LogP contribution >= 0.6 is 11.6 Å². The Balaban J connectivity index is 1.56. The number of halogens is 1. The van der Waals surface area contributed by atoms with E-state index in [0.717, 1.165) is 0 Å². The maximum atomic E-state index is 13.6. The summed E-state index contributed by atoms with van der Waals surface area (Å²) < 4.78 is 11.2. The molecule has 0 bridgehead atoms. The van der Waals surface area contributed by atoms with E-state index in [1.165, 1.54) is 31.5 Å². The summed E-state index contributed by atoms with van der Waals surface area (Å²) in [5.41, 5.74) is 0.426. The highest BCUT2D eigenvalue weighted by atomic mass is 35.5. The third kappa shape index (κ3) is 6.44. The number of amides is 4. The fraction of sp³-hybridized carbons (Fsp3) is 0.481. The Hall–Kier alpha value is -3.93. The number of nitrogens with one attached hydrogen (secondary N) is 2. The molecule has 4 rings (SSSR count). The number of benzene rings is 1. The number of aromatic nitrogens is 2. The summed E-state index contributed by atoms with van der Waals surface area (Å²) in [6.45, 7) is 4.71. The van der Waals surface area contributed by atoms with Crippen molar-refractivity contribution < 1.29 is 28.7 Å². The van der Waals surface area contributed by atoms with Gasteiger partial charge < -0.3 is 29.9 Å². The number of piperidine rings is 1. The van der Waals surface area contributed by atoms with E-state index in [1.807, 2.05) is 13.8 Å². The summed E-state index contributed by atoms with van der Waals surface area (Å²) in [4.78, 5) is 63.1. The zero-order valence-electron chi connectivity index (χ0n) is 22.8. The number of hydrogen-bond donors (Lipinski definition) is 2. The van der Waals surface area contributed by atoms with Crippen molar-refractivity contribution in [1.29, 1.82) is 0 Å². The van der Waals surface area contributed by atoms with Crippen molar-refractivity contribution in [3.63, 3.8) is 0 Å². The largest absolute Gasteiger partial charge is 0.493 e. The molecule has 0 aliphatic carbocycles. The van der Waals surface area contributed by atoms with E-state index in [9.17, 15) is 19.2 Å². The first-order valence-corrected chi connectivity index (χ1v) is 13.4. The monoisotopic (exact) mass is 572 g/mol. The maximum absolute atomic E-state index is 13.6. The zero-order chi connectivity index (χ0) is 29.0. The van der Waals surface area contributed by atoms with Crippen LogP contribution < -0.4 is 20.1 Å². The second kappa shape index (κ2) is 12.5. The van der Waals surface area contributed by atoms with Gasteiger partial charge in [0, 0.05) is 51.2 Å². The number of likely N-dealkylation sites (N-methyl/N-ethyl adjacent to an activating group) is 1. The van der Waals surface area contributed by atoms with Crippen LogP contribution in [0.3, 0.4) is 0 Å². The number of likely N-dealkylation sites (tertiary alicyclic amines) is 2. The fourth-order valence-electron chi connectivity index (χ4n) is 5.17. The van der Waals surface area contributed by atoms with Crippen LogP contribution in [0.15, 0.2) is 30.6 Å². The number of carbonyl (C=O) groups excluding carboxylic acids is 4. The Bertz CT molecular complexity index is 1270. The van der Waals surface area contributed by atoms with Crippen LogP contribution in [0, 0.1) is 17.8 Å². The minimum atomic E-state index is -0.645. The highest BCUT2D eigenvalue weighted by Crippen LogP contribution is 2.37. The molecule has 0 saturated carbocycles. The first kappa shape index (κ1) is 29.1. The third-order valence-corrected chi connectivity index (χ3v) is 7.27. The number of fused-ring (bicyclic) bond motifs is 1. The van der Waals surface area contributed by atoms with Crippen molar-refractivity contribution in [3.8, 4) is 11.5 Å². The van der Waals surface area contributed by atoms with Gasteiger partial charge in [-0.1, -0.05) is 11.6 Å². The first-order chi connectivity index (χ1) is 19.1. The Morgan fingerprint density at radius 1 is 1.02 bits per heavy atom. The third-order valence-electron chi connectivity index (χ3n) is 7.08. The SMILES string of the molecule is CNC(=O)CNC(=O)C1CN(C(=O)c2ncc(Cl)cn2)CC2CN(C(=O)c3ccc(OC(C)C)c(OC)c3)CC21. The lowest BCUT2D eigenvalue weighted by atomic mass is 9.79. The predicted molar refractivity (Wildman–Crippen MR) is 145 cm³/mol. The lowest BCUT2D eigenvalue weighted by Crippen LogP contribution is -2.54. The van der Waals surface area contributed by atoms with E-state index in [2.05, 4.69) is 20.6 Å². The Labute approximate surface area is 237 Å². The summed E-state index contributed by atoms with van der Waals surface area (Å²) in [5.74, 6) is -1.43. The standard InChI is InChI=1S/C27H33ClN6O6/c1-15(2)40-21-6-5-16(7-22(21)39-4)26(37)33-11-17-12-34(27(38)24-30-8-18(28)9-31-24)14-20(19(17)13-33)25(36)32-10-23(35)29-3/h5-9,15,17,19-20H,10-14H2,1-4H3,(H,29,35)(H,32,36). The molecule has 0 radical (unpaired) electrons. The van der Waals surface area contributed by atoms with Gasteiger partial charge in [-0.15, -0.1) is 0 Å². The summed E-state index contributed by atoms with van der Waals surface area (Å²) in [6.07, 6.45) is 2.61. The molecule has 13 heteroatoms. The summed E-state index contributed by atoms with van der Waals surface area (Å²) >= 11 is 5.87. The number of ether oxygens (including phenoxy) is 2. The molecule has 2 fully saturated rings. The molecule has 2 aliphatic heterocycles. The average Bonchev–Trinajstić information content (AvgIpc) is 3.39. The van der Waals surface area contributed by atoms with E-state index >= 15 is 0 Å². The van der Waals surface area contributed by atoms with E-state index in [-0.39, 0.29) is 54.6 Å². The Morgan fingerprint density at radius 3 is 2.33 bits per heavy atom. The molecule has 40 heavy (non-hydrogen) atoms. The van der Waals surface area contributed by atoms with Gasteiger partial charge in [0.05, 0.1) is 30.7 Å². The zero-order valence-corrected chi connectivity index (χ0v) is 23.6. The van der Waals surface area contributed by atoms with Gasteiger partial charge in [-0.25, -0.2) is 9.97 Å². The molecule has 12 nitrogen and oxygen atoms in total. The normalized spacial score (nSPS) is 20.1. The number of nitrogens with zero attached hydrogens (tertiary/aromatic N) is 4. The van der Waals surface area contributed by atoms with Crippen LogP contribution in [0.5, 0.6) is 11.5 Å². The first-order valence-electron chi connectivity index (χ1n) is 13.0. The van der Waals surface area contributed by atoms with Gasteiger partial charge in [0.2, 0.25) is 17.6 Å². The quantitative estimate of drug-likeness (QED) is 0.481. The molecule has 2 aromatic rings. The number of hydrogen-bond acceptors (Lipinski definition) is 8. The molecule has 1 aromatic carbocycles. The molecular weight excluding hydrogens is 540 g/mol.